The fourth-order valence-electron chi connectivity index (χ4n) is 2.46. The molecule has 110 valence electrons. The summed E-state index contributed by atoms with van der Waals surface area (Å²) in [5, 5.41) is 2.56. The van der Waals surface area contributed by atoms with E-state index in [1.54, 1.807) is 6.07 Å². The second kappa shape index (κ2) is 7.04. The molecule has 5 nitrogen and oxygen atoms in total. The number of hydrogen-bond donors (Lipinski definition) is 2. The highest BCUT2D eigenvalue weighted by Crippen LogP contribution is 2.25. The molecule has 2 rings (SSSR count). The lowest BCUT2D eigenvalue weighted by Gasteiger charge is -2.26. The molecule has 2 N–H and O–H groups in total. The molecule has 1 aliphatic carbocycles. The Hall–Kier alpha value is -1.14. The standard InChI is InChI=1S/C14H19BrN2O3/c1-9-3-2-4-11(5-9)20-8-13(18)17-12-6-10(15)7-16-14(12)19/h6-7,9,11H,2-5,8H2,1H3,(H,16,19)(H,17,18)/t9-,11-/m1/s1. The number of amides is 1. The van der Waals surface area contributed by atoms with Gasteiger partial charge in [-0.05, 0) is 40.8 Å². The van der Waals surface area contributed by atoms with Gasteiger partial charge in [-0.1, -0.05) is 19.8 Å². The Bertz CT molecular complexity index is 529. The maximum Gasteiger partial charge on any atom is 0.271 e. The van der Waals surface area contributed by atoms with Gasteiger partial charge in [0.25, 0.3) is 11.5 Å². The second-order valence-corrected chi connectivity index (χ2v) is 6.23. The molecule has 0 aromatic carbocycles. The van der Waals surface area contributed by atoms with Gasteiger partial charge < -0.3 is 15.0 Å². The predicted molar refractivity (Wildman–Crippen MR) is 80.8 cm³/mol. The van der Waals surface area contributed by atoms with E-state index in [1.807, 2.05) is 0 Å². The Labute approximate surface area is 126 Å². The Morgan fingerprint density at radius 1 is 1.55 bits per heavy atom. The smallest absolute Gasteiger partial charge is 0.271 e. The molecule has 6 heteroatoms. The number of ether oxygens (including phenoxy) is 1. The Morgan fingerprint density at radius 2 is 2.35 bits per heavy atom. The Balaban J connectivity index is 1.83. The molecule has 1 aliphatic rings. The zero-order chi connectivity index (χ0) is 14.5. The van der Waals surface area contributed by atoms with Crippen LogP contribution in [0.3, 0.4) is 0 Å². The number of anilines is 1. The van der Waals surface area contributed by atoms with E-state index in [0.717, 1.165) is 19.3 Å². The van der Waals surface area contributed by atoms with Gasteiger partial charge in [0.1, 0.15) is 12.3 Å². The van der Waals surface area contributed by atoms with Gasteiger partial charge in [0, 0.05) is 10.7 Å². The summed E-state index contributed by atoms with van der Waals surface area (Å²) in [5.74, 6) is 0.358. The highest BCUT2D eigenvalue weighted by Gasteiger charge is 2.20. The molecule has 0 unspecified atom stereocenters. The van der Waals surface area contributed by atoms with Gasteiger partial charge in [0.2, 0.25) is 0 Å². The summed E-state index contributed by atoms with van der Waals surface area (Å²) in [6.07, 6.45) is 6.08. The van der Waals surface area contributed by atoms with E-state index >= 15 is 0 Å². The van der Waals surface area contributed by atoms with Crippen LogP contribution in [0.15, 0.2) is 21.5 Å². The first-order chi connectivity index (χ1) is 9.54. The lowest BCUT2D eigenvalue weighted by atomic mass is 9.89. The Kier molecular flexibility index (Phi) is 5.37. The molecule has 1 amide bonds. The van der Waals surface area contributed by atoms with Crippen molar-refractivity contribution < 1.29 is 9.53 Å². The van der Waals surface area contributed by atoms with Crippen LogP contribution in [0.4, 0.5) is 5.69 Å². The summed E-state index contributed by atoms with van der Waals surface area (Å²) in [4.78, 5) is 25.8. The van der Waals surface area contributed by atoms with Crippen LogP contribution in [0.2, 0.25) is 0 Å². The SMILES string of the molecule is C[C@@H]1CCC[C@@H](OCC(=O)Nc2cc(Br)c[nH]c2=O)C1. The van der Waals surface area contributed by atoms with Gasteiger partial charge in [-0.3, -0.25) is 9.59 Å². The van der Waals surface area contributed by atoms with E-state index < -0.39 is 0 Å². The number of rotatable bonds is 4. The zero-order valence-electron chi connectivity index (χ0n) is 11.4. The molecule has 0 radical (unpaired) electrons. The molecule has 0 bridgehead atoms. The summed E-state index contributed by atoms with van der Waals surface area (Å²) >= 11 is 3.24. The first-order valence-electron chi connectivity index (χ1n) is 6.84. The largest absolute Gasteiger partial charge is 0.368 e. The van der Waals surface area contributed by atoms with Crippen molar-refractivity contribution in [1.82, 2.24) is 4.98 Å². The summed E-state index contributed by atoms with van der Waals surface area (Å²) in [5.41, 5.74) is -0.0992. The van der Waals surface area contributed by atoms with Crippen molar-refractivity contribution in [2.75, 3.05) is 11.9 Å². The maximum atomic E-state index is 11.8. The minimum atomic E-state index is -0.326. The van der Waals surface area contributed by atoms with Crippen LogP contribution in [0.5, 0.6) is 0 Å². The molecule has 20 heavy (non-hydrogen) atoms. The van der Waals surface area contributed by atoms with Crippen LogP contribution in [-0.4, -0.2) is 23.6 Å². The van der Waals surface area contributed by atoms with Crippen molar-refractivity contribution in [1.29, 1.82) is 0 Å². The minimum absolute atomic E-state index is 0.0106. The van der Waals surface area contributed by atoms with E-state index in [9.17, 15) is 9.59 Å². The van der Waals surface area contributed by atoms with Gasteiger partial charge in [0.15, 0.2) is 0 Å². The maximum absolute atomic E-state index is 11.8. The number of pyridine rings is 1. The first-order valence-corrected chi connectivity index (χ1v) is 7.63. The van der Waals surface area contributed by atoms with E-state index in [1.165, 1.54) is 12.6 Å². The van der Waals surface area contributed by atoms with E-state index in [-0.39, 0.29) is 29.9 Å². The van der Waals surface area contributed by atoms with Crippen LogP contribution >= 0.6 is 15.9 Å². The number of aromatic nitrogens is 1. The molecule has 1 fully saturated rings. The van der Waals surface area contributed by atoms with Gasteiger partial charge in [-0.15, -0.1) is 0 Å². The highest BCUT2D eigenvalue weighted by atomic mass is 79.9. The number of aromatic amines is 1. The Morgan fingerprint density at radius 3 is 3.10 bits per heavy atom. The van der Waals surface area contributed by atoms with Crippen LogP contribution in [-0.2, 0) is 9.53 Å². The monoisotopic (exact) mass is 342 g/mol. The van der Waals surface area contributed by atoms with Crippen molar-refractivity contribution in [3.63, 3.8) is 0 Å². The second-order valence-electron chi connectivity index (χ2n) is 5.31. The lowest BCUT2D eigenvalue weighted by molar-refractivity contribution is -0.123. The molecule has 0 spiro atoms. The predicted octanol–water partition coefficient (Wildman–Crippen LogP) is 2.67. The highest BCUT2D eigenvalue weighted by molar-refractivity contribution is 9.10. The number of carbonyl (C=O) groups excluding carboxylic acids is 1. The molecule has 1 aromatic heterocycles. The van der Waals surface area contributed by atoms with Crippen molar-refractivity contribution in [3.8, 4) is 0 Å². The molecule has 0 aliphatic heterocycles. The van der Waals surface area contributed by atoms with Crippen molar-refractivity contribution >= 4 is 27.5 Å². The van der Waals surface area contributed by atoms with Gasteiger partial charge in [-0.25, -0.2) is 0 Å². The van der Waals surface area contributed by atoms with Crippen molar-refractivity contribution in [2.24, 2.45) is 5.92 Å². The molecule has 1 saturated carbocycles. The number of halogens is 1. The number of H-pyrrole nitrogens is 1. The van der Waals surface area contributed by atoms with Gasteiger partial charge in [0.05, 0.1) is 6.10 Å². The summed E-state index contributed by atoms with van der Waals surface area (Å²) in [7, 11) is 0. The van der Waals surface area contributed by atoms with Crippen molar-refractivity contribution in [3.05, 3.63) is 27.1 Å². The third-order valence-electron chi connectivity index (χ3n) is 3.48. The normalized spacial score (nSPS) is 22.5. The molecule has 2 atom stereocenters. The molecule has 0 saturated heterocycles. The van der Waals surface area contributed by atoms with Crippen LogP contribution in [0.25, 0.3) is 0 Å². The van der Waals surface area contributed by atoms with E-state index in [2.05, 4.69) is 33.2 Å². The first kappa shape index (κ1) is 15.3. The average Bonchev–Trinajstić information content (AvgIpc) is 2.41. The molecular formula is C14H19BrN2O3. The van der Waals surface area contributed by atoms with Crippen molar-refractivity contribution in [2.45, 2.75) is 38.7 Å². The third kappa shape index (κ3) is 4.45. The number of nitrogens with one attached hydrogen (secondary N) is 2. The fraction of sp³-hybridized carbons (Fsp3) is 0.571. The number of hydrogen-bond acceptors (Lipinski definition) is 3. The van der Waals surface area contributed by atoms with Crippen LogP contribution in [0, 0.1) is 5.92 Å². The third-order valence-corrected chi connectivity index (χ3v) is 3.94. The van der Waals surface area contributed by atoms with E-state index in [0.29, 0.717) is 10.4 Å². The van der Waals surface area contributed by atoms with Gasteiger partial charge >= 0.3 is 0 Å². The van der Waals surface area contributed by atoms with Gasteiger partial charge in [-0.2, -0.15) is 0 Å². The van der Waals surface area contributed by atoms with Crippen LogP contribution in [0.1, 0.15) is 32.6 Å². The summed E-state index contributed by atoms with van der Waals surface area (Å²) in [6, 6.07) is 1.57. The minimum Gasteiger partial charge on any atom is -0.368 e. The fourth-order valence-corrected chi connectivity index (χ4v) is 2.80. The molecule has 1 aromatic rings. The molecule has 1 heterocycles. The van der Waals surface area contributed by atoms with E-state index in [4.69, 9.17) is 4.74 Å². The van der Waals surface area contributed by atoms with Crippen LogP contribution < -0.4 is 10.9 Å². The summed E-state index contributed by atoms with van der Waals surface area (Å²) < 4.78 is 6.32. The molecular weight excluding hydrogens is 324 g/mol. The lowest BCUT2D eigenvalue weighted by Crippen LogP contribution is -2.28. The average molecular weight is 343 g/mol. The quantitative estimate of drug-likeness (QED) is 0.883. The topological polar surface area (TPSA) is 71.2 Å². The zero-order valence-corrected chi connectivity index (χ0v) is 13.0. The number of carbonyl (C=O) groups is 1. The summed E-state index contributed by atoms with van der Waals surface area (Å²) in [6.45, 7) is 2.19.